The van der Waals surface area contributed by atoms with Crippen LogP contribution in [0.3, 0.4) is 0 Å². The zero-order valence-corrected chi connectivity index (χ0v) is 19.3. The molecule has 0 bridgehead atoms. The molecular formula is C27H26N2O6. The highest BCUT2D eigenvalue weighted by molar-refractivity contribution is 5.98. The summed E-state index contributed by atoms with van der Waals surface area (Å²) in [4.78, 5) is 39.9. The second-order valence-electron chi connectivity index (χ2n) is 8.04. The Bertz CT molecular complexity index is 1150. The van der Waals surface area contributed by atoms with Crippen molar-refractivity contribution in [3.05, 3.63) is 102 Å². The molecule has 4 rings (SSSR count). The molecule has 0 saturated carbocycles. The molecular weight excluding hydrogens is 448 g/mol. The predicted octanol–water partition coefficient (Wildman–Crippen LogP) is 4.25. The Morgan fingerprint density at radius 1 is 0.971 bits per heavy atom. The molecule has 1 saturated heterocycles. The van der Waals surface area contributed by atoms with Crippen LogP contribution in [-0.2, 0) is 27.3 Å². The van der Waals surface area contributed by atoms with Crippen molar-refractivity contribution in [1.82, 2.24) is 10.2 Å². The number of carbonyl (C=O) groups excluding carboxylic acids is 3. The second-order valence-corrected chi connectivity index (χ2v) is 8.04. The summed E-state index contributed by atoms with van der Waals surface area (Å²) >= 11 is 0. The lowest BCUT2D eigenvalue weighted by Crippen LogP contribution is -2.47. The summed E-state index contributed by atoms with van der Waals surface area (Å²) in [6.45, 7) is 0.117. The fraction of sp³-hybridized carbons (Fsp3) is 0.222. The number of methoxy groups -OCH3 is 1. The van der Waals surface area contributed by atoms with Gasteiger partial charge in [0.05, 0.1) is 13.2 Å². The number of amides is 3. The van der Waals surface area contributed by atoms with Crippen molar-refractivity contribution in [1.29, 1.82) is 0 Å². The number of carbonyl (C=O) groups is 3. The smallest absolute Gasteiger partial charge is 0.417 e. The number of hydrogen-bond donors (Lipinski definition) is 1. The number of benzene rings is 3. The van der Waals surface area contributed by atoms with Crippen molar-refractivity contribution >= 4 is 18.1 Å². The number of ether oxygens (including phenoxy) is 3. The number of cyclic esters (lactones) is 1. The molecule has 1 aliphatic heterocycles. The van der Waals surface area contributed by atoms with Crippen LogP contribution in [0.1, 0.15) is 22.7 Å². The van der Waals surface area contributed by atoms with Crippen LogP contribution in [0, 0.1) is 0 Å². The molecule has 0 spiro atoms. The topological polar surface area (TPSA) is 94.2 Å². The Kier molecular flexibility index (Phi) is 7.62. The van der Waals surface area contributed by atoms with E-state index in [-0.39, 0.29) is 13.2 Å². The molecule has 3 amide bonds. The van der Waals surface area contributed by atoms with Gasteiger partial charge in [-0.15, -0.1) is 0 Å². The monoisotopic (exact) mass is 474 g/mol. The number of imide groups is 1. The molecule has 1 fully saturated rings. The van der Waals surface area contributed by atoms with E-state index in [0.29, 0.717) is 17.7 Å². The molecule has 8 nitrogen and oxygen atoms in total. The van der Waals surface area contributed by atoms with Crippen molar-refractivity contribution in [3.63, 3.8) is 0 Å². The number of nitrogens with zero attached hydrogens (tertiary/aromatic N) is 1. The zero-order valence-electron chi connectivity index (χ0n) is 19.3. The highest BCUT2D eigenvalue weighted by atomic mass is 16.6. The summed E-state index contributed by atoms with van der Waals surface area (Å²) in [6.07, 6.45) is -1.09. The molecule has 0 aromatic heterocycles. The quantitative estimate of drug-likeness (QED) is 0.525. The van der Waals surface area contributed by atoms with Crippen molar-refractivity contribution in [3.8, 4) is 5.75 Å². The van der Waals surface area contributed by atoms with Gasteiger partial charge in [-0.3, -0.25) is 4.79 Å². The van der Waals surface area contributed by atoms with E-state index < -0.39 is 30.2 Å². The molecule has 0 unspecified atom stereocenters. The summed E-state index contributed by atoms with van der Waals surface area (Å²) in [6, 6.07) is 23.7. The average molecular weight is 475 g/mol. The van der Waals surface area contributed by atoms with Crippen LogP contribution >= 0.6 is 0 Å². The van der Waals surface area contributed by atoms with Gasteiger partial charge in [-0.1, -0.05) is 72.8 Å². The lowest BCUT2D eigenvalue weighted by molar-refractivity contribution is -0.131. The van der Waals surface area contributed by atoms with E-state index in [1.165, 1.54) is 7.11 Å². The van der Waals surface area contributed by atoms with Crippen molar-refractivity contribution in [2.24, 2.45) is 0 Å². The van der Waals surface area contributed by atoms with E-state index >= 15 is 0 Å². The van der Waals surface area contributed by atoms with Crippen LogP contribution in [0.4, 0.5) is 9.59 Å². The van der Waals surface area contributed by atoms with E-state index in [2.05, 4.69) is 5.32 Å². The fourth-order valence-corrected chi connectivity index (χ4v) is 3.87. The van der Waals surface area contributed by atoms with Gasteiger partial charge in [0, 0.05) is 0 Å². The van der Waals surface area contributed by atoms with E-state index in [4.69, 9.17) is 14.2 Å². The van der Waals surface area contributed by atoms with Gasteiger partial charge in [0.15, 0.2) is 0 Å². The highest BCUT2D eigenvalue weighted by Crippen LogP contribution is 2.25. The van der Waals surface area contributed by atoms with Crippen molar-refractivity contribution < 1.29 is 28.6 Å². The number of nitrogens with one attached hydrogen (secondary N) is 1. The van der Waals surface area contributed by atoms with Crippen molar-refractivity contribution in [2.75, 3.05) is 13.7 Å². The maximum atomic E-state index is 13.6. The van der Waals surface area contributed by atoms with Crippen LogP contribution in [0.15, 0.2) is 84.9 Å². The minimum absolute atomic E-state index is 0.0403. The summed E-state index contributed by atoms with van der Waals surface area (Å²) < 4.78 is 15.7. The molecule has 3 aromatic rings. The Balaban J connectivity index is 1.54. The maximum absolute atomic E-state index is 13.6. The summed E-state index contributed by atoms with van der Waals surface area (Å²) in [5.41, 5.74) is 2.25. The minimum atomic E-state index is -1.16. The molecule has 0 radical (unpaired) electrons. The van der Waals surface area contributed by atoms with E-state index in [1.807, 2.05) is 60.7 Å². The molecule has 1 aliphatic rings. The lowest BCUT2D eigenvalue weighted by Gasteiger charge is -2.26. The van der Waals surface area contributed by atoms with Gasteiger partial charge in [0.1, 0.15) is 25.0 Å². The summed E-state index contributed by atoms with van der Waals surface area (Å²) in [5, 5.41) is 2.62. The predicted molar refractivity (Wildman–Crippen MR) is 128 cm³/mol. The Morgan fingerprint density at radius 2 is 1.60 bits per heavy atom. The Morgan fingerprint density at radius 3 is 2.23 bits per heavy atom. The van der Waals surface area contributed by atoms with Gasteiger partial charge in [0.25, 0.3) is 5.91 Å². The third-order valence-electron chi connectivity index (χ3n) is 5.68. The van der Waals surface area contributed by atoms with Crippen LogP contribution < -0.4 is 10.1 Å². The molecule has 3 aromatic carbocycles. The summed E-state index contributed by atoms with van der Waals surface area (Å²) in [5.74, 6) is -0.00982. The first-order valence-corrected chi connectivity index (χ1v) is 11.2. The second kappa shape index (κ2) is 11.2. The highest BCUT2D eigenvalue weighted by Gasteiger charge is 2.42. The number of rotatable bonds is 8. The van der Waals surface area contributed by atoms with Crippen molar-refractivity contribution in [2.45, 2.75) is 25.1 Å². The van der Waals surface area contributed by atoms with Gasteiger partial charge < -0.3 is 19.5 Å². The first-order chi connectivity index (χ1) is 17.0. The minimum Gasteiger partial charge on any atom is -0.497 e. The SMILES string of the molecule is COc1ccc([C@H](NC(=O)OCc2ccccc2)C(=O)N2C(=O)OC[C@@H]2Cc2ccccc2)cc1. The molecule has 8 heteroatoms. The zero-order chi connectivity index (χ0) is 24.6. The van der Waals surface area contributed by atoms with Gasteiger partial charge in [-0.25, -0.2) is 14.5 Å². The standard InChI is InChI=1S/C27H26N2O6/c1-33-23-14-12-21(13-15-23)24(28-26(31)34-17-20-10-6-3-7-11-20)25(30)29-22(18-35-27(29)32)16-19-8-4-2-5-9-19/h2-15,22,24H,16-18H2,1H3,(H,28,31)/t22-,24-/m0/s1. The van der Waals surface area contributed by atoms with E-state index in [1.54, 1.807) is 24.3 Å². The normalized spacial score (nSPS) is 15.7. The fourth-order valence-electron chi connectivity index (χ4n) is 3.87. The Labute approximate surface area is 203 Å². The number of hydrogen-bond acceptors (Lipinski definition) is 6. The van der Waals surface area contributed by atoms with E-state index in [0.717, 1.165) is 16.0 Å². The van der Waals surface area contributed by atoms with E-state index in [9.17, 15) is 14.4 Å². The largest absolute Gasteiger partial charge is 0.497 e. The molecule has 1 heterocycles. The maximum Gasteiger partial charge on any atom is 0.417 e. The third kappa shape index (κ3) is 5.97. The molecule has 0 aliphatic carbocycles. The third-order valence-corrected chi connectivity index (χ3v) is 5.68. The number of alkyl carbamates (subject to hydrolysis) is 1. The first-order valence-electron chi connectivity index (χ1n) is 11.2. The average Bonchev–Trinajstić information content (AvgIpc) is 3.26. The van der Waals surface area contributed by atoms with Crippen LogP contribution in [0.25, 0.3) is 0 Å². The molecule has 35 heavy (non-hydrogen) atoms. The van der Waals surface area contributed by atoms with Gasteiger partial charge in [-0.2, -0.15) is 0 Å². The van der Waals surface area contributed by atoms with Crippen LogP contribution in [0.2, 0.25) is 0 Å². The van der Waals surface area contributed by atoms with Gasteiger partial charge >= 0.3 is 12.2 Å². The van der Waals surface area contributed by atoms with Crippen LogP contribution in [0.5, 0.6) is 5.75 Å². The Hall–Kier alpha value is -4.33. The molecule has 2 atom stereocenters. The molecule has 180 valence electrons. The molecule has 1 N–H and O–H groups in total. The lowest BCUT2D eigenvalue weighted by atomic mass is 10.0. The van der Waals surface area contributed by atoms with Gasteiger partial charge in [-0.05, 0) is 35.2 Å². The first kappa shape index (κ1) is 23.8. The van der Waals surface area contributed by atoms with Gasteiger partial charge in [0.2, 0.25) is 0 Å². The van der Waals surface area contributed by atoms with Crippen LogP contribution in [-0.4, -0.2) is 42.8 Å². The summed E-state index contributed by atoms with van der Waals surface area (Å²) in [7, 11) is 1.53.